The van der Waals surface area contributed by atoms with E-state index in [9.17, 15) is 0 Å². The van der Waals surface area contributed by atoms with Crippen LogP contribution in [0.4, 0.5) is 5.69 Å². The third kappa shape index (κ3) is 3.31. The van der Waals surface area contributed by atoms with Crippen LogP contribution in [0.15, 0.2) is 41.0 Å². The average molecular weight is 277 g/mol. The normalized spacial score (nSPS) is 15.1. The predicted octanol–water partition coefficient (Wildman–Crippen LogP) is 3.68. The first-order valence-electron chi connectivity index (χ1n) is 6.52. The van der Waals surface area contributed by atoms with Gasteiger partial charge in [0.25, 0.3) is 0 Å². The van der Waals surface area contributed by atoms with Crippen LogP contribution in [0.2, 0.25) is 5.02 Å². The Bertz CT molecular complexity index is 529. The third-order valence-corrected chi connectivity index (χ3v) is 3.59. The molecule has 0 amide bonds. The zero-order chi connectivity index (χ0) is 13.2. The number of nitrogens with zero attached hydrogens (tertiary/aromatic N) is 1. The minimum Gasteiger partial charge on any atom is -0.468 e. The standard InChI is InChI=1S/C15H17ClN2O/c16-12-6-11(7-13(17)8-12)9-18(14-3-4-14)10-15-2-1-5-19-15/h1-2,5-8,14H,3-4,9-10,17H2. The van der Waals surface area contributed by atoms with E-state index in [2.05, 4.69) is 4.90 Å². The summed E-state index contributed by atoms with van der Waals surface area (Å²) in [5.74, 6) is 1.00. The van der Waals surface area contributed by atoms with Crippen molar-refractivity contribution in [2.45, 2.75) is 32.0 Å². The van der Waals surface area contributed by atoms with Crippen molar-refractivity contribution in [3.05, 3.63) is 52.9 Å². The van der Waals surface area contributed by atoms with Crippen molar-refractivity contribution >= 4 is 17.3 Å². The monoisotopic (exact) mass is 276 g/mol. The molecule has 2 aromatic rings. The molecule has 1 aromatic carbocycles. The first kappa shape index (κ1) is 12.6. The van der Waals surface area contributed by atoms with E-state index in [1.165, 1.54) is 12.8 Å². The first-order valence-corrected chi connectivity index (χ1v) is 6.90. The van der Waals surface area contributed by atoms with E-state index < -0.39 is 0 Å². The SMILES string of the molecule is Nc1cc(Cl)cc(CN(Cc2ccco2)C2CC2)c1. The number of hydrogen-bond acceptors (Lipinski definition) is 3. The first-order chi connectivity index (χ1) is 9.20. The van der Waals surface area contributed by atoms with Crippen molar-refractivity contribution in [1.29, 1.82) is 0 Å². The van der Waals surface area contributed by atoms with Gasteiger partial charge in [-0.2, -0.15) is 0 Å². The van der Waals surface area contributed by atoms with Crippen LogP contribution in [0.1, 0.15) is 24.2 Å². The van der Waals surface area contributed by atoms with Crippen LogP contribution in [0.25, 0.3) is 0 Å². The molecule has 0 bridgehead atoms. The Morgan fingerprint density at radius 1 is 1.26 bits per heavy atom. The largest absolute Gasteiger partial charge is 0.468 e. The zero-order valence-corrected chi connectivity index (χ0v) is 11.4. The van der Waals surface area contributed by atoms with Crippen molar-refractivity contribution in [1.82, 2.24) is 4.90 Å². The number of anilines is 1. The summed E-state index contributed by atoms with van der Waals surface area (Å²) >= 11 is 6.05. The Labute approximate surface area is 118 Å². The molecule has 1 fully saturated rings. The van der Waals surface area contributed by atoms with Gasteiger partial charge in [-0.05, 0) is 48.7 Å². The van der Waals surface area contributed by atoms with Crippen LogP contribution in [0, 0.1) is 0 Å². The highest BCUT2D eigenvalue weighted by Crippen LogP contribution is 2.30. The molecule has 3 rings (SSSR count). The van der Waals surface area contributed by atoms with Crippen LogP contribution in [-0.2, 0) is 13.1 Å². The van der Waals surface area contributed by atoms with Gasteiger partial charge in [0.1, 0.15) is 5.76 Å². The van der Waals surface area contributed by atoms with Gasteiger partial charge in [0.2, 0.25) is 0 Å². The van der Waals surface area contributed by atoms with Crippen molar-refractivity contribution in [2.75, 3.05) is 5.73 Å². The second-order valence-corrected chi connectivity index (χ2v) is 5.54. The summed E-state index contributed by atoms with van der Waals surface area (Å²) < 4.78 is 5.43. The summed E-state index contributed by atoms with van der Waals surface area (Å²) in [6.45, 7) is 1.69. The number of furan rings is 1. The van der Waals surface area contributed by atoms with E-state index in [-0.39, 0.29) is 0 Å². The summed E-state index contributed by atoms with van der Waals surface area (Å²) in [6, 6.07) is 10.3. The lowest BCUT2D eigenvalue weighted by molar-refractivity contribution is 0.225. The van der Waals surface area contributed by atoms with Gasteiger partial charge in [0.05, 0.1) is 12.8 Å². The molecule has 1 heterocycles. The van der Waals surface area contributed by atoms with Gasteiger partial charge >= 0.3 is 0 Å². The average Bonchev–Trinajstić information content (AvgIpc) is 3.06. The second-order valence-electron chi connectivity index (χ2n) is 5.11. The number of benzene rings is 1. The molecule has 1 saturated carbocycles. The highest BCUT2D eigenvalue weighted by atomic mass is 35.5. The van der Waals surface area contributed by atoms with Crippen LogP contribution < -0.4 is 5.73 Å². The quantitative estimate of drug-likeness (QED) is 0.847. The van der Waals surface area contributed by atoms with Crippen molar-refractivity contribution in [3.8, 4) is 0 Å². The molecule has 1 aromatic heterocycles. The van der Waals surface area contributed by atoms with Crippen LogP contribution >= 0.6 is 11.6 Å². The Kier molecular flexibility index (Phi) is 3.49. The lowest BCUT2D eigenvalue weighted by Gasteiger charge is -2.21. The molecule has 0 saturated heterocycles. The maximum absolute atomic E-state index is 6.05. The fraction of sp³-hybridized carbons (Fsp3) is 0.333. The van der Waals surface area contributed by atoms with Crippen LogP contribution in [-0.4, -0.2) is 10.9 Å². The fourth-order valence-electron chi connectivity index (χ4n) is 2.36. The summed E-state index contributed by atoms with van der Waals surface area (Å²) in [5, 5.41) is 0.698. The third-order valence-electron chi connectivity index (χ3n) is 3.37. The van der Waals surface area contributed by atoms with E-state index >= 15 is 0 Å². The molecule has 0 spiro atoms. The van der Waals surface area contributed by atoms with Gasteiger partial charge < -0.3 is 10.2 Å². The fourth-order valence-corrected chi connectivity index (χ4v) is 2.62. The molecule has 100 valence electrons. The second kappa shape index (κ2) is 5.27. The summed E-state index contributed by atoms with van der Waals surface area (Å²) in [4.78, 5) is 2.42. The number of nitrogen functional groups attached to an aromatic ring is 1. The lowest BCUT2D eigenvalue weighted by Crippen LogP contribution is -2.24. The van der Waals surface area contributed by atoms with Crippen molar-refractivity contribution in [3.63, 3.8) is 0 Å². The maximum Gasteiger partial charge on any atom is 0.117 e. The van der Waals surface area contributed by atoms with Gasteiger partial charge in [0.15, 0.2) is 0 Å². The highest BCUT2D eigenvalue weighted by molar-refractivity contribution is 6.30. The molecule has 1 aliphatic rings. The molecule has 19 heavy (non-hydrogen) atoms. The highest BCUT2D eigenvalue weighted by Gasteiger charge is 2.29. The number of hydrogen-bond donors (Lipinski definition) is 1. The van der Waals surface area contributed by atoms with E-state index in [1.807, 2.05) is 24.3 Å². The molecule has 2 N–H and O–H groups in total. The Morgan fingerprint density at radius 2 is 2.11 bits per heavy atom. The zero-order valence-electron chi connectivity index (χ0n) is 10.7. The molecule has 1 aliphatic carbocycles. The molecular formula is C15H17ClN2O. The molecule has 0 atom stereocenters. The minimum absolute atomic E-state index is 0.658. The molecule has 0 radical (unpaired) electrons. The summed E-state index contributed by atoms with van der Waals surface area (Å²) in [5.41, 5.74) is 7.72. The van der Waals surface area contributed by atoms with Crippen molar-refractivity contribution in [2.24, 2.45) is 0 Å². The Morgan fingerprint density at radius 3 is 2.74 bits per heavy atom. The molecular weight excluding hydrogens is 260 g/mol. The molecule has 0 unspecified atom stereocenters. The summed E-state index contributed by atoms with van der Waals surface area (Å²) in [6.07, 6.45) is 4.24. The predicted molar refractivity (Wildman–Crippen MR) is 76.8 cm³/mol. The number of rotatable bonds is 5. The van der Waals surface area contributed by atoms with Gasteiger partial charge in [-0.3, -0.25) is 4.90 Å². The van der Waals surface area contributed by atoms with Gasteiger partial charge in [-0.1, -0.05) is 11.6 Å². The van der Waals surface area contributed by atoms with E-state index in [4.69, 9.17) is 21.8 Å². The topological polar surface area (TPSA) is 42.4 Å². The van der Waals surface area contributed by atoms with E-state index in [1.54, 1.807) is 12.3 Å². The maximum atomic E-state index is 6.05. The van der Waals surface area contributed by atoms with Gasteiger partial charge in [0, 0.05) is 23.3 Å². The lowest BCUT2D eigenvalue weighted by atomic mass is 10.2. The number of halogens is 1. The van der Waals surface area contributed by atoms with E-state index in [0.717, 1.165) is 30.1 Å². The van der Waals surface area contributed by atoms with Gasteiger partial charge in [-0.25, -0.2) is 0 Å². The number of nitrogens with two attached hydrogens (primary N) is 1. The van der Waals surface area contributed by atoms with E-state index in [0.29, 0.717) is 11.1 Å². The Balaban J connectivity index is 1.74. The Hall–Kier alpha value is -1.45. The van der Waals surface area contributed by atoms with Gasteiger partial charge in [-0.15, -0.1) is 0 Å². The molecule has 4 heteroatoms. The summed E-state index contributed by atoms with van der Waals surface area (Å²) in [7, 11) is 0. The van der Waals surface area contributed by atoms with Crippen LogP contribution in [0.3, 0.4) is 0 Å². The molecule has 3 nitrogen and oxygen atoms in total. The van der Waals surface area contributed by atoms with Crippen molar-refractivity contribution < 1.29 is 4.42 Å². The smallest absolute Gasteiger partial charge is 0.117 e. The minimum atomic E-state index is 0.658. The molecule has 0 aliphatic heterocycles. The van der Waals surface area contributed by atoms with Crippen LogP contribution in [0.5, 0.6) is 0 Å².